The molecule has 2 aliphatic heterocycles. The summed E-state index contributed by atoms with van der Waals surface area (Å²) in [4.78, 5) is 25.4. The molecule has 4 atom stereocenters. The van der Waals surface area contributed by atoms with Crippen LogP contribution in [0, 0.1) is 0 Å². The van der Waals surface area contributed by atoms with Crippen molar-refractivity contribution < 1.29 is 28.5 Å². The number of fused-ring (bicyclic) bond motifs is 2. The van der Waals surface area contributed by atoms with Crippen molar-refractivity contribution in [3.63, 3.8) is 0 Å². The molecule has 2 saturated heterocycles. The third-order valence-electron chi connectivity index (χ3n) is 5.70. The zero-order valence-corrected chi connectivity index (χ0v) is 18.8. The first-order chi connectivity index (χ1) is 17.2. The Morgan fingerprint density at radius 2 is 1.46 bits per heavy atom. The quantitative estimate of drug-likeness (QED) is 0.291. The maximum atomic E-state index is 12.8. The van der Waals surface area contributed by atoms with Gasteiger partial charge in [0.1, 0.15) is 12.3 Å². The number of nitrogens with zero attached hydrogens (tertiary/aromatic N) is 2. The fraction of sp³-hybridized carbons (Fsp3) is 0.222. The molecule has 2 bridgehead atoms. The van der Waals surface area contributed by atoms with Gasteiger partial charge in [-0.1, -0.05) is 54.6 Å². The predicted octanol–water partition coefficient (Wildman–Crippen LogP) is 4.09. The van der Waals surface area contributed by atoms with Crippen molar-refractivity contribution in [3.8, 4) is 0 Å². The van der Waals surface area contributed by atoms with E-state index in [0.717, 1.165) is 17.6 Å². The van der Waals surface area contributed by atoms with E-state index in [-0.39, 0.29) is 6.10 Å². The average Bonchev–Trinajstić information content (AvgIpc) is 3.30. The first-order valence-corrected chi connectivity index (χ1v) is 11.4. The highest BCUT2D eigenvalue weighted by molar-refractivity contribution is 6.23. The van der Waals surface area contributed by atoms with Crippen molar-refractivity contribution in [2.45, 2.75) is 31.0 Å². The molecule has 0 spiro atoms. The van der Waals surface area contributed by atoms with E-state index < -0.39 is 30.4 Å². The lowest BCUT2D eigenvalue weighted by molar-refractivity contribution is -0.204. The van der Waals surface area contributed by atoms with E-state index in [4.69, 9.17) is 18.9 Å². The Morgan fingerprint density at radius 3 is 2.09 bits per heavy atom. The molecule has 0 radical (unpaired) electrons. The fourth-order valence-electron chi connectivity index (χ4n) is 4.05. The summed E-state index contributed by atoms with van der Waals surface area (Å²) in [5, 5.41) is 6.02. The summed E-state index contributed by atoms with van der Waals surface area (Å²) in [5.74, 6) is -1.20. The van der Waals surface area contributed by atoms with Crippen LogP contribution in [0.1, 0.15) is 16.8 Å². The maximum absolute atomic E-state index is 12.8. The Morgan fingerprint density at radius 1 is 0.857 bits per heavy atom. The summed E-state index contributed by atoms with van der Waals surface area (Å²) < 4.78 is 22.7. The van der Waals surface area contributed by atoms with Crippen LogP contribution in [0.25, 0.3) is 0 Å². The van der Waals surface area contributed by atoms with Gasteiger partial charge in [0.05, 0.1) is 29.6 Å². The van der Waals surface area contributed by atoms with Crippen LogP contribution in [0.5, 0.6) is 0 Å². The predicted molar refractivity (Wildman–Crippen MR) is 128 cm³/mol. The Labute approximate surface area is 202 Å². The van der Waals surface area contributed by atoms with Crippen LogP contribution in [-0.2, 0) is 23.7 Å². The van der Waals surface area contributed by atoms with Crippen LogP contribution in [-0.4, -0.2) is 49.4 Å². The molecule has 0 N–H and O–H groups in total. The number of hydrogen-bond acceptors (Lipinski definition) is 8. The minimum Gasteiger partial charge on any atom is -0.454 e. The third kappa shape index (κ3) is 5.40. The zero-order chi connectivity index (χ0) is 24.0. The minimum atomic E-state index is -0.891. The Bertz CT molecular complexity index is 1130. The first kappa shape index (κ1) is 22.8. The molecule has 2 heterocycles. The fourth-order valence-corrected chi connectivity index (χ4v) is 4.05. The van der Waals surface area contributed by atoms with Gasteiger partial charge in [0.15, 0.2) is 12.4 Å². The Kier molecular flexibility index (Phi) is 6.83. The lowest BCUT2D eigenvalue weighted by atomic mass is 10.0. The number of carbonyl (C=O) groups is 2. The van der Waals surface area contributed by atoms with Crippen LogP contribution in [0.15, 0.2) is 96.1 Å². The topological polar surface area (TPSA) is 86.7 Å². The highest BCUT2D eigenvalue weighted by Crippen LogP contribution is 2.32. The summed E-state index contributed by atoms with van der Waals surface area (Å²) in [6.07, 6.45) is -1.17. The second-order valence-electron chi connectivity index (χ2n) is 8.13. The standard InChI is InChI=1S/C27H24N2O6/c30-24(17-28-29(20-12-6-2-7-13-20)21-14-8-3-9-15-21)34-23-16-22-18-32-27(33-22)25(23)35-26(31)19-10-4-1-5-11-19/h1-15,17,22-23,25,27H,16,18H2/b28-17+/t22-,23-,25+,27+/m0/s1. The van der Waals surface area contributed by atoms with Crippen LogP contribution in [0.3, 0.4) is 0 Å². The van der Waals surface area contributed by atoms with Crippen LogP contribution >= 0.6 is 0 Å². The summed E-state index contributed by atoms with van der Waals surface area (Å²) >= 11 is 0. The van der Waals surface area contributed by atoms with Crippen LogP contribution in [0.4, 0.5) is 11.4 Å². The summed E-state index contributed by atoms with van der Waals surface area (Å²) in [5.41, 5.74) is 1.96. The van der Waals surface area contributed by atoms with Gasteiger partial charge in [-0.3, -0.25) is 0 Å². The molecule has 3 aromatic carbocycles. The summed E-state index contributed by atoms with van der Waals surface area (Å²) in [7, 11) is 0. The highest BCUT2D eigenvalue weighted by Gasteiger charge is 2.48. The van der Waals surface area contributed by atoms with Gasteiger partial charge in [0.2, 0.25) is 0 Å². The summed E-state index contributed by atoms with van der Waals surface area (Å²) in [6, 6.07) is 27.5. The van der Waals surface area contributed by atoms with Gasteiger partial charge in [0.25, 0.3) is 0 Å². The van der Waals surface area contributed by atoms with Gasteiger partial charge in [0, 0.05) is 6.42 Å². The number of hydrazone groups is 1. The molecular formula is C27H24N2O6. The Hall–Kier alpha value is -4.01. The van der Waals surface area contributed by atoms with Crippen molar-refractivity contribution in [1.82, 2.24) is 0 Å². The normalized spacial score (nSPS) is 23.1. The van der Waals surface area contributed by atoms with E-state index in [1.807, 2.05) is 66.7 Å². The van der Waals surface area contributed by atoms with Gasteiger partial charge in [-0.05, 0) is 36.4 Å². The first-order valence-electron chi connectivity index (χ1n) is 11.4. The molecule has 0 saturated carbocycles. The molecule has 0 amide bonds. The lowest BCUT2D eigenvalue weighted by Crippen LogP contribution is -2.48. The van der Waals surface area contributed by atoms with E-state index in [0.29, 0.717) is 18.6 Å². The van der Waals surface area contributed by atoms with E-state index in [2.05, 4.69) is 5.10 Å². The van der Waals surface area contributed by atoms with Gasteiger partial charge in [-0.25, -0.2) is 14.6 Å². The van der Waals surface area contributed by atoms with E-state index in [1.165, 1.54) is 0 Å². The zero-order valence-electron chi connectivity index (χ0n) is 18.8. The molecule has 2 fully saturated rings. The van der Waals surface area contributed by atoms with Crippen molar-refractivity contribution in [2.75, 3.05) is 11.6 Å². The monoisotopic (exact) mass is 472 g/mol. The molecule has 2 aliphatic rings. The second kappa shape index (κ2) is 10.5. The van der Waals surface area contributed by atoms with Crippen molar-refractivity contribution in [2.24, 2.45) is 5.10 Å². The highest BCUT2D eigenvalue weighted by atomic mass is 16.8. The smallest absolute Gasteiger partial charge is 0.351 e. The third-order valence-corrected chi connectivity index (χ3v) is 5.70. The maximum Gasteiger partial charge on any atom is 0.351 e. The molecule has 3 aromatic rings. The number of ether oxygens (including phenoxy) is 4. The van der Waals surface area contributed by atoms with E-state index in [9.17, 15) is 9.59 Å². The molecule has 8 heteroatoms. The van der Waals surface area contributed by atoms with Gasteiger partial charge >= 0.3 is 11.9 Å². The van der Waals surface area contributed by atoms with Crippen LogP contribution in [0.2, 0.25) is 0 Å². The number of hydrogen-bond donors (Lipinski definition) is 0. The number of esters is 2. The molecule has 8 nitrogen and oxygen atoms in total. The number of rotatable bonds is 7. The van der Waals surface area contributed by atoms with Crippen molar-refractivity contribution in [3.05, 3.63) is 96.6 Å². The van der Waals surface area contributed by atoms with Crippen molar-refractivity contribution in [1.29, 1.82) is 0 Å². The number of benzene rings is 3. The van der Waals surface area contributed by atoms with Crippen molar-refractivity contribution >= 4 is 29.5 Å². The minimum absolute atomic E-state index is 0.230. The molecule has 0 aliphatic carbocycles. The lowest BCUT2D eigenvalue weighted by Gasteiger charge is -2.33. The second-order valence-corrected chi connectivity index (χ2v) is 8.13. The molecule has 0 unspecified atom stereocenters. The van der Waals surface area contributed by atoms with E-state index in [1.54, 1.807) is 29.3 Å². The molecule has 0 aromatic heterocycles. The molecular weight excluding hydrogens is 448 g/mol. The number of para-hydroxylation sites is 2. The Balaban J connectivity index is 1.31. The van der Waals surface area contributed by atoms with Crippen LogP contribution < -0.4 is 5.01 Å². The number of carbonyl (C=O) groups excluding carboxylic acids is 2. The molecule has 178 valence electrons. The largest absolute Gasteiger partial charge is 0.454 e. The summed E-state index contributed by atoms with van der Waals surface area (Å²) in [6.45, 7) is 0.349. The average molecular weight is 472 g/mol. The van der Waals surface area contributed by atoms with Gasteiger partial charge in [-0.2, -0.15) is 5.10 Å². The van der Waals surface area contributed by atoms with E-state index >= 15 is 0 Å². The van der Waals surface area contributed by atoms with Gasteiger partial charge in [-0.15, -0.1) is 0 Å². The molecule has 35 heavy (non-hydrogen) atoms. The SMILES string of the molecule is O=C(/C=N/N(c1ccccc1)c1ccccc1)O[C@H]1C[C@H]2CO[C@H](O2)[C@@H]1OC(=O)c1ccccc1. The molecule has 5 rings (SSSR count). The number of anilines is 2. The van der Waals surface area contributed by atoms with Gasteiger partial charge < -0.3 is 18.9 Å².